The average molecular weight is 304 g/mol. The Morgan fingerprint density at radius 1 is 1.28 bits per heavy atom. The van der Waals surface area contributed by atoms with Gasteiger partial charge < -0.3 is 0 Å². The van der Waals surface area contributed by atoms with E-state index in [1.54, 1.807) is 4.68 Å². The van der Waals surface area contributed by atoms with Crippen LogP contribution in [0.4, 0.5) is 0 Å². The first-order valence-electron chi connectivity index (χ1n) is 5.63. The number of alkyl halides is 1. The number of nitrogens with zero attached hydrogens (tertiary/aromatic N) is 2. The van der Waals surface area contributed by atoms with Crippen molar-refractivity contribution < 1.29 is 0 Å². The van der Waals surface area contributed by atoms with Gasteiger partial charge in [0.05, 0.1) is 17.3 Å². The Bertz CT molecular complexity index is 561. The van der Waals surface area contributed by atoms with Crippen LogP contribution in [0.2, 0.25) is 10.2 Å². The van der Waals surface area contributed by atoms with Gasteiger partial charge in [0.25, 0.3) is 0 Å². The first kappa shape index (κ1) is 13.7. The molecule has 0 saturated carbocycles. The molecule has 0 N–H and O–H groups in total. The molecule has 5 heteroatoms. The number of rotatable bonds is 3. The minimum Gasteiger partial charge on any atom is -0.222 e. The van der Waals surface area contributed by atoms with Gasteiger partial charge in [-0.15, -0.1) is 11.6 Å². The minimum atomic E-state index is 0.275. The van der Waals surface area contributed by atoms with Crippen LogP contribution in [0.1, 0.15) is 31.0 Å². The van der Waals surface area contributed by atoms with E-state index in [2.05, 4.69) is 18.9 Å². The van der Waals surface area contributed by atoms with E-state index in [1.807, 2.05) is 24.3 Å². The van der Waals surface area contributed by atoms with Crippen LogP contribution >= 0.6 is 34.8 Å². The highest BCUT2D eigenvalue weighted by atomic mass is 35.5. The smallest absolute Gasteiger partial charge is 0.137 e. The molecule has 0 saturated heterocycles. The van der Waals surface area contributed by atoms with Crippen molar-refractivity contribution in [1.82, 2.24) is 9.78 Å². The standard InChI is InChI=1S/C13H13Cl3N2/c1-8(2)12-11(7-14)13(16)18(17-12)10-5-3-4-9(15)6-10/h3-6,8H,7H2,1-2H3. The van der Waals surface area contributed by atoms with Crippen LogP contribution in [-0.4, -0.2) is 9.78 Å². The lowest BCUT2D eigenvalue weighted by Gasteiger charge is -2.03. The van der Waals surface area contributed by atoms with Crippen molar-refractivity contribution in [1.29, 1.82) is 0 Å². The van der Waals surface area contributed by atoms with Gasteiger partial charge in [-0.25, -0.2) is 4.68 Å². The second-order valence-electron chi connectivity index (χ2n) is 4.33. The van der Waals surface area contributed by atoms with E-state index in [-0.39, 0.29) is 5.92 Å². The predicted molar refractivity (Wildman–Crippen MR) is 77.2 cm³/mol. The fourth-order valence-corrected chi connectivity index (χ4v) is 2.63. The second-order valence-corrected chi connectivity index (χ2v) is 5.40. The van der Waals surface area contributed by atoms with Gasteiger partial charge in [0.1, 0.15) is 5.15 Å². The molecular weight excluding hydrogens is 291 g/mol. The van der Waals surface area contributed by atoms with Crippen LogP contribution in [0, 0.1) is 0 Å². The first-order chi connectivity index (χ1) is 8.54. The third-order valence-electron chi connectivity index (χ3n) is 2.69. The summed E-state index contributed by atoms with van der Waals surface area (Å²) in [5.41, 5.74) is 2.65. The molecule has 2 rings (SSSR count). The third kappa shape index (κ3) is 2.51. The van der Waals surface area contributed by atoms with Crippen molar-refractivity contribution in [2.24, 2.45) is 0 Å². The summed E-state index contributed by atoms with van der Waals surface area (Å²) >= 11 is 18.3. The van der Waals surface area contributed by atoms with E-state index in [1.165, 1.54) is 0 Å². The Kier molecular flexibility index (Phi) is 4.21. The molecular formula is C13H13Cl3N2. The number of aromatic nitrogens is 2. The Morgan fingerprint density at radius 2 is 2.00 bits per heavy atom. The van der Waals surface area contributed by atoms with Gasteiger partial charge in [-0.1, -0.05) is 43.1 Å². The molecule has 0 fully saturated rings. The molecule has 0 amide bonds. The van der Waals surface area contributed by atoms with E-state index in [4.69, 9.17) is 34.8 Å². The van der Waals surface area contributed by atoms with Crippen LogP contribution < -0.4 is 0 Å². The molecule has 1 heterocycles. The third-order valence-corrected chi connectivity index (χ3v) is 3.58. The molecule has 18 heavy (non-hydrogen) atoms. The first-order valence-corrected chi connectivity index (χ1v) is 6.92. The number of hydrogen-bond acceptors (Lipinski definition) is 1. The number of benzene rings is 1. The molecule has 0 unspecified atom stereocenters. The maximum absolute atomic E-state index is 6.33. The van der Waals surface area contributed by atoms with E-state index >= 15 is 0 Å². The molecule has 2 nitrogen and oxygen atoms in total. The molecule has 0 aliphatic rings. The van der Waals surface area contributed by atoms with Crippen molar-refractivity contribution in [3.63, 3.8) is 0 Å². The Morgan fingerprint density at radius 3 is 2.50 bits per heavy atom. The van der Waals surface area contributed by atoms with Crippen molar-refractivity contribution in [2.75, 3.05) is 0 Å². The van der Waals surface area contributed by atoms with Crippen LogP contribution in [0.25, 0.3) is 5.69 Å². The molecule has 0 spiro atoms. The fraction of sp³-hybridized carbons (Fsp3) is 0.308. The quantitative estimate of drug-likeness (QED) is 0.726. The lowest BCUT2D eigenvalue weighted by atomic mass is 10.1. The van der Waals surface area contributed by atoms with E-state index in [0.29, 0.717) is 16.1 Å². The highest BCUT2D eigenvalue weighted by Gasteiger charge is 2.18. The molecule has 2 aromatic rings. The molecule has 0 aliphatic carbocycles. The molecule has 0 bridgehead atoms. The zero-order valence-corrected chi connectivity index (χ0v) is 12.4. The summed E-state index contributed by atoms with van der Waals surface area (Å²) in [4.78, 5) is 0. The van der Waals surface area contributed by atoms with Gasteiger partial charge in [0, 0.05) is 10.6 Å². The van der Waals surface area contributed by atoms with Crippen molar-refractivity contribution in [2.45, 2.75) is 25.6 Å². The monoisotopic (exact) mass is 302 g/mol. The van der Waals surface area contributed by atoms with Crippen LogP contribution in [0.5, 0.6) is 0 Å². The Labute approximate surface area is 121 Å². The Balaban J connectivity index is 2.59. The van der Waals surface area contributed by atoms with Gasteiger partial charge in [-0.2, -0.15) is 5.10 Å². The summed E-state index contributed by atoms with van der Waals surface area (Å²) < 4.78 is 1.68. The predicted octanol–water partition coefficient (Wildman–Crippen LogP) is 5.04. The molecule has 0 radical (unpaired) electrons. The van der Waals surface area contributed by atoms with E-state index in [9.17, 15) is 0 Å². The number of hydrogen-bond donors (Lipinski definition) is 0. The number of halogens is 3. The molecule has 1 aromatic heterocycles. The normalized spacial score (nSPS) is 11.2. The van der Waals surface area contributed by atoms with Gasteiger partial charge in [-0.3, -0.25) is 0 Å². The fourth-order valence-electron chi connectivity index (χ4n) is 1.81. The minimum absolute atomic E-state index is 0.275. The van der Waals surface area contributed by atoms with Gasteiger partial charge in [0.15, 0.2) is 0 Å². The van der Waals surface area contributed by atoms with Gasteiger partial charge >= 0.3 is 0 Å². The Hall–Kier alpha value is -0.700. The highest BCUT2D eigenvalue weighted by molar-refractivity contribution is 6.32. The average Bonchev–Trinajstić information content (AvgIpc) is 2.66. The lowest BCUT2D eigenvalue weighted by molar-refractivity contribution is 0.765. The van der Waals surface area contributed by atoms with Crippen molar-refractivity contribution in [3.8, 4) is 5.69 Å². The maximum Gasteiger partial charge on any atom is 0.137 e. The summed E-state index contributed by atoms with van der Waals surface area (Å²) in [5, 5.41) is 5.74. The zero-order chi connectivity index (χ0) is 13.3. The largest absolute Gasteiger partial charge is 0.222 e. The lowest BCUT2D eigenvalue weighted by Crippen LogP contribution is -1.98. The van der Waals surface area contributed by atoms with Crippen LogP contribution in [0.3, 0.4) is 0 Å². The van der Waals surface area contributed by atoms with Gasteiger partial charge in [0.2, 0.25) is 0 Å². The summed E-state index contributed by atoms with van der Waals surface area (Å²) in [6.07, 6.45) is 0. The maximum atomic E-state index is 6.33. The zero-order valence-electron chi connectivity index (χ0n) is 10.1. The molecule has 1 aromatic carbocycles. The summed E-state index contributed by atoms with van der Waals surface area (Å²) in [5.74, 6) is 0.629. The molecule has 0 aliphatic heterocycles. The van der Waals surface area contributed by atoms with E-state index in [0.717, 1.165) is 16.9 Å². The summed E-state index contributed by atoms with van der Waals surface area (Å²) in [6.45, 7) is 4.13. The topological polar surface area (TPSA) is 17.8 Å². The van der Waals surface area contributed by atoms with Gasteiger partial charge in [-0.05, 0) is 24.1 Å². The van der Waals surface area contributed by atoms with E-state index < -0.39 is 0 Å². The van der Waals surface area contributed by atoms with Crippen molar-refractivity contribution in [3.05, 3.63) is 45.7 Å². The van der Waals surface area contributed by atoms with Crippen molar-refractivity contribution >= 4 is 34.8 Å². The summed E-state index contributed by atoms with van der Waals surface area (Å²) in [7, 11) is 0. The second kappa shape index (κ2) is 5.52. The van der Waals surface area contributed by atoms with Crippen LogP contribution in [-0.2, 0) is 5.88 Å². The molecule has 0 atom stereocenters. The SMILES string of the molecule is CC(C)c1nn(-c2cccc(Cl)c2)c(Cl)c1CCl. The molecule has 96 valence electrons. The summed E-state index contributed by atoms with van der Waals surface area (Å²) in [6, 6.07) is 7.41. The highest BCUT2D eigenvalue weighted by Crippen LogP contribution is 2.30. The van der Waals surface area contributed by atoms with Crippen LogP contribution in [0.15, 0.2) is 24.3 Å².